The van der Waals surface area contributed by atoms with Gasteiger partial charge in [-0.15, -0.1) is 0 Å². The number of aldehydes is 1. The van der Waals surface area contributed by atoms with Crippen LogP contribution >= 0.6 is 0 Å². The zero-order valence-electron chi connectivity index (χ0n) is 5.84. The van der Waals surface area contributed by atoms with Crippen molar-refractivity contribution in [3.8, 4) is 0 Å². The predicted octanol–water partition coefficient (Wildman–Crippen LogP) is 0.984. The van der Waals surface area contributed by atoms with Gasteiger partial charge in [0.05, 0.1) is 0 Å². The largest absolute Gasteiger partial charge is 0.396 e. The van der Waals surface area contributed by atoms with Gasteiger partial charge in [0.15, 0.2) is 0 Å². The van der Waals surface area contributed by atoms with Gasteiger partial charge in [0.2, 0.25) is 0 Å². The van der Waals surface area contributed by atoms with Crippen LogP contribution in [0.1, 0.15) is 26.2 Å². The van der Waals surface area contributed by atoms with Crippen molar-refractivity contribution >= 4 is 6.29 Å². The fourth-order valence-corrected chi connectivity index (χ4v) is 0.646. The minimum absolute atomic E-state index is 0.163. The highest BCUT2D eigenvalue weighted by atomic mass is 16.2. The molecule has 0 aliphatic heterocycles. The number of hydrogen-bond acceptors (Lipinski definition) is 2. The minimum atomic E-state index is 0.163. The molecule has 0 amide bonds. The van der Waals surface area contributed by atoms with Gasteiger partial charge in [-0.1, -0.05) is 13.3 Å². The van der Waals surface area contributed by atoms with Crippen molar-refractivity contribution in [2.45, 2.75) is 26.2 Å². The second kappa shape index (κ2) is 5.76. The highest BCUT2D eigenvalue weighted by molar-refractivity contribution is 5.52. The van der Waals surface area contributed by atoms with Crippen molar-refractivity contribution < 1.29 is 9.90 Å². The molecule has 2 nitrogen and oxygen atoms in total. The van der Waals surface area contributed by atoms with Gasteiger partial charge in [0.1, 0.15) is 6.29 Å². The van der Waals surface area contributed by atoms with Gasteiger partial charge in [-0.25, -0.2) is 0 Å². The molecule has 0 saturated carbocycles. The van der Waals surface area contributed by atoms with E-state index < -0.39 is 0 Å². The molecular weight excluding hydrogens is 116 g/mol. The monoisotopic (exact) mass is 130 g/mol. The molecule has 0 rings (SSSR count). The van der Waals surface area contributed by atoms with Gasteiger partial charge in [0.25, 0.3) is 0 Å². The maximum absolute atomic E-state index is 10.0. The number of hydrogen-bond donors (Lipinski definition) is 1. The first kappa shape index (κ1) is 8.63. The lowest BCUT2D eigenvalue weighted by atomic mass is 10.1. The van der Waals surface area contributed by atoms with E-state index in [-0.39, 0.29) is 12.5 Å². The molecule has 0 aromatic heterocycles. The lowest BCUT2D eigenvalue weighted by molar-refractivity contribution is -0.110. The van der Waals surface area contributed by atoms with E-state index in [0.29, 0.717) is 0 Å². The SMILES string of the molecule is CC(C=O)CCCCO. The minimum Gasteiger partial charge on any atom is -0.396 e. The Bertz CT molecular complexity index is 71.3. The summed E-state index contributed by atoms with van der Waals surface area (Å²) < 4.78 is 0. The molecule has 0 bridgehead atoms. The van der Waals surface area contributed by atoms with E-state index in [0.717, 1.165) is 25.5 Å². The van der Waals surface area contributed by atoms with Crippen LogP contribution in [0.15, 0.2) is 0 Å². The van der Waals surface area contributed by atoms with Crippen molar-refractivity contribution in [2.24, 2.45) is 5.92 Å². The third-order valence-electron chi connectivity index (χ3n) is 1.30. The van der Waals surface area contributed by atoms with Crippen LogP contribution in [0.3, 0.4) is 0 Å². The lowest BCUT2D eigenvalue weighted by Gasteiger charge is -1.99. The molecule has 9 heavy (non-hydrogen) atoms. The Kier molecular flexibility index (Phi) is 5.52. The fraction of sp³-hybridized carbons (Fsp3) is 0.857. The first-order valence-corrected chi connectivity index (χ1v) is 3.37. The quantitative estimate of drug-likeness (QED) is 0.445. The molecule has 0 saturated heterocycles. The molecule has 0 aliphatic carbocycles. The number of aliphatic hydroxyl groups excluding tert-OH is 1. The van der Waals surface area contributed by atoms with Crippen LogP contribution in [0, 0.1) is 5.92 Å². The van der Waals surface area contributed by atoms with Gasteiger partial charge in [-0.05, 0) is 12.8 Å². The summed E-state index contributed by atoms with van der Waals surface area (Å²) in [6, 6.07) is 0. The van der Waals surface area contributed by atoms with E-state index in [9.17, 15) is 4.79 Å². The highest BCUT2D eigenvalue weighted by Crippen LogP contribution is 2.03. The number of carbonyl (C=O) groups is 1. The molecule has 0 heterocycles. The van der Waals surface area contributed by atoms with Crippen LogP contribution in [-0.2, 0) is 4.79 Å². The molecule has 0 fully saturated rings. The predicted molar refractivity (Wildman–Crippen MR) is 36.2 cm³/mol. The maximum atomic E-state index is 10.0. The Morgan fingerprint density at radius 2 is 2.22 bits per heavy atom. The summed E-state index contributed by atoms with van der Waals surface area (Å²) in [5, 5.41) is 8.36. The first-order valence-electron chi connectivity index (χ1n) is 3.37. The van der Waals surface area contributed by atoms with Gasteiger partial charge >= 0.3 is 0 Å². The normalized spacial score (nSPS) is 13.1. The molecule has 1 N–H and O–H groups in total. The van der Waals surface area contributed by atoms with Crippen LogP contribution in [-0.4, -0.2) is 18.0 Å². The first-order chi connectivity index (χ1) is 4.31. The lowest BCUT2D eigenvalue weighted by Crippen LogP contribution is -1.95. The molecule has 1 unspecified atom stereocenters. The Morgan fingerprint density at radius 1 is 1.56 bits per heavy atom. The molecule has 0 aliphatic rings. The number of carbonyl (C=O) groups excluding carboxylic acids is 1. The zero-order valence-corrected chi connectivity index (χ0v) is 5.84. The highest BCUT2D eigenvalue weighted by Gasteiger charge is 1.96. The third kappa shape index (κ3) is 5.50. The standard InChI is InChI=1S/C7H14O2/c1-7(6-9)4-2-3-5-8/h6-8H,2-5H2,1H3. The summed E-state index contributed by atoms with van der Waals surface area (Å²) in [6.45, 7) is 2.13. The Labute approximate surface area is 55.9 Å². The van der Waals surface area contributed by atoms with E-state index >= 15 is 0 Å². The Hall–Kier alpha value is -0.370. The van der Waals surface area contributed by atoms with Gasteiger partial charge in [-0.2, -0.15) is 0 Å². The number of unbranched alkanes of at least 4 members (excludes halogenated alkanes) is 1. The summed E-state index contributed by atoms with van der Waals surface area (Å²) in [5.41, 5.74) is 0. The van der Waals surface area contributed by atoms with Crippen LogP contribution in [0.25, 0.3) is 0 Å². The van der Waals surface area contributed by atoms with Gasteiger partial charge in [0, 0.05) is 12.5 Å². The average Bonchev–Trinajstić information content (AvgIpc) is 1.89. The van der Waals surface area contributed by atoms with Crippen LogP contribution in [0.4, 0.5) is 0 Å². The topological polar surface area (TPSA) is 37.3 Å². The van der Waals surface area contributed by atoms with Crippen LogP contribution in [0.5, 0.6) is 0 Å². The Morgan fingerprint density at radius 3 is 2.67 bits per heavy atom. The van der Waals surface area contributed by atoms with E-state index in [1.807, 2.05) is 6.92 Å². The summed E-state index contributed by atoms with van der Waals surface area (Å²) >= 11 is 0. The van der Waals surface area contributed by atoms with Crippen molar-refractivity contribution in [3.05, 3.63) is 0 Å². The molecular formula is C7H14O2. The van der Waals surface area contributed by atoms with Crippen LogP contribution in [0.2, 0.25) is 0 Å². The molecule has 0 spiro atoms. The summed E-state index contributed by atoms with van der Waals surface area (Å²) in [5.74, 6) is 0.163. The van der Waals surface area contributed by atoms with E-state index in [2.05, 4.69) is 0 Å². The summed E-state index contributed by atoms with van der Waals surface area (Å²) in [7, 11) is 0. The maximum Gasteiger partial charge on any atom is 0.122 e. The molecule has 0 aromatic carbocycles. The average molecular weight is 130 g/mol. The van der Waals surface area contributed by atoms with Crippen molar-refractivity contribution in [1.82, 2.24) is 0 Å². The smallest absolute Gasteiger partial charge is 0.122 e. The van der Waals surface area contributed by atoms with Crippen molar-refractivity contribution in [2.75, 3.05) is 6.61 Å². The van der Waals surface area contributed by atoms with E-state index in [4.69, 9.17) is 5.11 Å². The molecule has 54 valence electrons. The second-order valence-corrected chi connectivity index (χ2v) is 2.33. The molecule has 2 heteroatoms. The second-order valence-electron chi connectivity index (χ2n) is 2.33. The van der Waals surface area contributed by atoms with Gasteiger partial charge in [-0.3, -0.25) is 0 Å². The van der Waals surface area contributed by atoms with Crippen molar-refractivity contribution in [3.63, 3.8) is 0 Å². The summed E-state index contributed by atoms with van der Waals surface area (Å²) in [4.78, 5) is 10.0. The van der Waals surface area contributed by atoms with Crippen LogP contribution < -0.4 is 0 Å². The number of aliphatic hydroxyl groups is 1. The Balaban J connectivity index is 2.96. The van der Waals surface area contributed by atoms with E-state index in [1.165, 1.54) is 0 Å². The zero-order chi connectivity index (χ0) is 7.11. The number of rotatable bonds is 5. The fourth-order valence-electron chi connectivity index (χ4n) is 0.646. The van der Waals surface area contributed by atoms with E-state index in [1.54, 1.807) is 0 Å². The van der Waals surface area contributed by atoms with Gasteiger partial charge < -0.3 is 9.90 Å². The molecule has 1 atom stereocenters. The molecule has 0 aromatic rings. The summed E-state index contributed by atoms with van der Waals surface area (Å²) in [6.07, 6.45) is 3.63. The third-order valence-corrected chi connectivity index (χ3v) is 1.30. The van der Waals surface area contributed by atoms with Crippen molar-refractivity contribution in [1.29, 1.82) is 0 Å². The molecule has 0 radical (unpaired) electrons.